The van der Waals surface area contributed by atoms with Crippen molar-refractivity contribution in [1.29, 1.82) is 0 Å². The van der Waals surface area contributed by atoms with Crippen LogP contribution in [0.1, 0.15) is 33.3 Å². The zero-order chi connectivity index (χ0) is 19.7. The summed E-state index contributed by atoms with van der Waals surface area (Å²) in [7, 11) is 1.34. The normalized spacial score (nSPS) is 13.7. The van der Waals surface area contributed by atoms with Gasteiger partial charge in [0.05, 0.1) is 13.0 Å². The first-order valence-electron chi connectivity index (χ1n) is 8.61. The lowest BCUT2D eigenvalue weighted by atomic mass is 9.98. The Bertz CT molecular complexity index is 631. The van der Waals surface area contributed by atoms with Gasteiger partial charge in [0.15, 0.2) is 0 Å². The molecule has 0 bridgehead atoms. The molecule has 0 unspecified atom stereocenters. The van der Waals surface area contributed by atoms with E-state index in [1.807, 2.05) is 36.4 Å². The average molecular weight is 359 g/mol. The number of carbonyl (C=O) groups excluding carboxylic acids is 2. The van der Waals surface area contributed by atoms with E-state index in [-0.39, 0.29) is 6.54 Å². The van der Waals surface area contributed by atoms with Crippen LogP contribution in [-0.4, -0.2) is 42.3 Å². The van der Waals surface area contributed by atoms with Crippen molar-refractivity contribution in [3.8, 4) is 0 Å². The fourth-order valence-electron chi connectivity index (χ4n) is 2.41. The number of hydrogen-bond donors (Lipinski definition) is 0. The zero-order valence-corrected chi connectivity index (χ0v) is 16.3. The van der Waals surface area contributed by atoms with E-state index in [4.69, 9.17) is 9.47 Å². The Morgan fingerprint density at radius 1 is 1.23 bits per heavy atom. The standard InChI is InChI=1S/C21H29NO4/c1-7-15-22(20(24)26-21(3,4)5)16(2)18(19(23)25-6)14-13-17-11-9-8-10-12-17/h7-14,16,18H,1,15H2,2-6H3/b14-13+/t16-,18+/m0/s1. The highest BCUT2D eigenvalue weighted by molar-refractivity contribution is 5.78. The Kier molecular flexibility index (Phi) is 8.10. The van der Waals surface area contributed by atoms with Crippen LogP contribution in [0.4, 0.5) is 4.79 Å². The number of esters is 1. The van der Waals surface area contributed by atoms with Crippen molar-refractivity contribution in [1.82, 2.24) is 4.90 Å². The van der Waals surface area contributed by atoms with Gasteiger partial charge in [-0.3, -0.25) is 4.79 Å². The summed E-state index contributed by atoms with van der Waals surface area (Å²) in [6.45, 7) is 11.2. The molecule has 0 fully saturated rings. The smallest absolute Gasteiger partial charge is 0.410 e. The summed E-state index contributed by atoms with van der Waals surface area (Å²) in [4.78, 5) is 26.4. The zero-order valence-electron chi connectivity index (χ0n) is 16.3. The van der Waals surface area contributed by atoms with Crippen LogP contribution < -0.4 is 0 Å². The largest absolute Gasteiger partial charge is 0.469 e. The highest BCUT2D eigenvalue weighted by Crippen LogP contribution is 2.20. The third-order valence-corrected chi connectivity index (χ3v) is 3.73. The van der Waals surface area contributed by atoms with Gasteiger partial charge in [-0.1, -0.05) is 48.6 Å². The summed E-state index contributed by atoms with van der Waals surface area (Å²) in [6.07, 6.45) is 4.72. The molecule has 26 heavy (non-hydrogen) atoms. The molecular weight excluding hydrogens is 330 g/mol. The molecule has 0 aliphatic heterocycles. The molecule has 2 atom stereocenters. The summed E-state index contributed by atoms with van der Waals surface area (Å²) in [5.74, 6) is -1.05. The van der Waals surface area contributed by atoms with E-state index in [1.165, 1.54) is 12.0 Å². The van der Waals surface area contributed by atoms with Crippen LogP contribution in [0.3, 0.4) is 0 Å². The molecule has 1 amide bonds. The van der Waals surface area contributed by atoms with Gasteiger partial charge < -0.3 is 14.4 Å². The molecule has 5 heteroatoms. The lowest BCUT2D eigenvalue weighted by Gasteiger charge is -2.33. The number of hydrogen-bond acceptors (Lipinski definition) is 4. The van der Waals surface area contributed by atoms with Crippen LogP contribution >= 0.6 is 0 Å². The molecule has 1 rings (SSSR count). The predicted molar refractivity (Wildman–Crippen MR) is 104 cm³/mol. The fraction of sp³-hybridized carbons (Fsp3) is 0.429. The lowest BCUT2D eigenvalue weighted by molar-refractivity contribution is -0.145. The van der Waals surface area contributed by atoms with Crippen molar-refractivity contribution < 1.29 is 19.1 Å². The van der Waals surface area contributed by atoms with E-state index in [0.29, 0.717) is 0 Å². The maximum Gasteiger partial charge on any atom is 0.410 e. The van der Waals surface area contributed by atoms with E-state index in [0.717, 1.165) is 5.56 Å². The molecule has 1 aromatic rings. The van der Waals surface area contributed by atoms with Gasteiger partial charge in [-0.2, -0.15) is 0 Å². The van der Waals surface area contributed by atoms with Gasteiger partial charge in [-0.25, -0.2) is 4.79 Å². The van der Waals surface area contributed by atoms with Crippen LogP contribution in [0.15, 0.2) is 49.1 Å². The van der Waals surface area contributed by atoms with Gasteiger partial charge in [0.25, 0.3) is 0 Å². The van der Waals surface area contributed by atoms with Crippen LogP contribution in [0.25, 0.3) is 6.08 Å². The first-order chi connectivity index (χ1) is 12.2. The molecule has 0 aromatic heterocycles. The number of ether oxygens (including phenoxy) is 2. The minimum Gasteiger partial charge on any atom is -0.469 e. The number of amides is 1. The number of benzene rings is 1. The molecule has 0 heterocycles. The maximum atomic E-state index is 12.6. The highest BCUT2D eigenvalue weighted by Gasteiger charge is 2.33. The van der Waals surface area contributed by atoms with Crippen molar-refractivity contribution >= 4 is 18.1 Å². The van der Waals surface area contributed by atoms with Crippen LogP contribution in [0, 0.1) is 5.92 Å². The summed E-state index contributed by atoms with van der Waals surface area (Å²) in [5, 5.41) is 0. The topological polar surface area (TPSA) is 55.8 Å². The minimum atomic E-state index is -0.632. The Morgan fingerprint density at radius 3 is 2.35 bits per heavy atom. The molecule has 1 aromatic carbocycles. The first kappa shape index (κ1) is 21.5. The first-order valence-corrected chi connectivity index (χ1v) is 8.61. The molecule has 5 nitrogen and oxygen atoms in total. The van der Waals surface area contributed by atoms with Crippen molar-refractivity contribution in [2.75, 3.05) is 13.7 Å². The van der Waals surface area contributed by atoms with Gasteiger partial charge in [-0.05, 0) is 33.3 Å². The molecule has 0 aliphatic rings. The number of methoxy groups -OCH3 is 1. The highest BCUT2D eigenvalue weighted by atomic mass is 16.6. The third-order valence-electron chi connectivity index (χ3n) is 3.73. The molecule has 0 spiro atoms. The van der Waals surface area contributed by atoms with Gasteiger partial charge in [-0.15, -0.1) is 6.58 Å². The van der Waals surface area contributed by atoms with Crippen molar-refractivity contribution in [2.24, 2.45) is 5.92 Å². The second-order valence-corrected chi connectivity index (χ2v) is 6.98. The van der Waals surface area contributed by atoms with Crippen molar-refractivity contribution in [3.05, 3.63) is 54.6 Å². The van der Waals surface area contributed by atoms with E-state index in [2.05, 4.69) is 6.58 Å². The monoisotopic (exact) mass is 359 g/mol. The molecule has 142 valence electrons. The Morgan fingerprint density at radius 2 is 1.85 bits per heavy atom. The van der Waals surface area contributed by atoms with Gasteiger partial charge in [0.1, 0.15) is 5.60 Å². The fourth-order valence-corrected chi connectivity index (χ4v) is 2.41. The van der Waals surface area contributed by atoms with Crippen molar-refractivity contribution in [2.45, 2.75) is 39.3 Å². The van der Waals surface area contributed by atoms with E-state index in [1.54, 1.807) is 39.8 Å². The second kappa shape index (κ2) is 9.80. The van der Waals surface area contributed by atoms with Gasteiger partial charge in [0.2, 0.25) is 0 Å². The third kappa shape index (κ3) is 6.75. The summed E-state index contributed by atoms with van der Waals surface area (Å²) in [5.41, 5.74) is 0.331. The Hall–Kier alpha value is -2.56. The molecule has 0 saturated heterocycles. The van der Waals surface area contributed by atoms with Crippen molar-refractivity contribution in [3.63, 3.8) is 0 Å². The molecular formula is C21H29NO4. The van der Waals surface area contributed by atoms with E-state index in [9.17, 15) is 9.59 Å². The van der Waals surface area contributed by atoms with Gasteiger partial charge >= 0.3 is 12.1 Å². The number of carbonyl (C=O) groups is 2. The molecule has 0 N–H and O–H groups in total. The SMILES string of the molecule is C=CCN(C(=O)OC(C)(C)C)[C@@H](C)[C@@H](/C=C/c1ccccc1)C(=O)OC. The summed E-state index contributed by atoms with van der Waals surface area (Å²) in [6, 6.07) is 9.17. The van der Waals surface area contributed by atoms with Gasteiger partial charge in [0, 0.05) is 12.6 Å². The maximum absolute atomic E-state index is 12.6. The second-order valence-electron chi connectivity index (χ2n) is 6.98. The van der Waals surface area contributed by atoms with E-state index >= 15 is 0 Å². The Balaban J connectivity index is 3.08. The number of nitrogens with zero attached hydrogens (tertiary/aromatic N) is 1. The minimum absolute atomic E-state index is 0.267. The summed E-state index contributed by atoms with van der Waals surface area (Å²) >= 11 is 0. The number of rotatable bonds is 7. The molecule has 0 aliphatic carbocycles. The van der Waals surface area contributed by atoms with Crippen LogP contribution in [0.5, 0.6) is 0 Å². The van der Waals surface area contributed by atoms with Crippen LogP contribution in [0.2, 0.25) is 0 Å². The lowest BCUT2D eigenvalue weighted by Crippen LogP contribution is -2.47. The molecule has 0 radical (unpaired) electrons. The van der Waals surface area contributed by atoms with E-state index < -0.39 is 29.6 Å². The summed E-state index contributed by atoms with van der Waals surface area (Å²) < 4.78 is 10.4. The quantitative estimate of drug-likeness (QED) is 0.538. The molecule has 0 saturated carbocycles. The Labute approximate surface area is 156 Å². The average Bonchev–Trinajstić information content (AvgIpc) is 2.58. The van der Waals surface area contributed by atoms with Crippen LogP contribution in [-0.2, 0) is 14.3 Å². The predicted octanol–water partition coefficient (Wildman–Crippen LogP) is 4.30.